The lowest BCUT2D eigenvalue weighted by Gasteiger charge is -2.62. The first kappa shape index (κ1) is 14.6. The molecule has 0 unspecified atom stereocenters. The predicted molar refractivity (Wildman–Crippen MR) is 75.1 cm³/mol. The van der Waals surface area contributed by atoms with Crippen LogP contribution >= 0.6 is 0 Å². The molecule has 0 amide bonds. The van der Waals surface area contributed by atoms with E-state index in [1.165, 1.54) is 0 Å². The zero-order valence-corrected chi connectivity index (χ0v) is 13.0. The van der Waals surface area contributed by atoms with Crippen molar-refractivity contribution in [2.45, 2.75) is 44.7 Å². The zero-order valence-electron chi connectivity index (χ0n) is 12.1. The summed E-state index contributed by atoms with van der Waals surface area (Å²) in [5.41, 5.74) is 5.66. The van der Waals surface area contributed by atoms with Crippen LogP contribution in [0.5, 0.6) is 0 Å². The van der Waals surface area contributed by atoms with Gasteiger partial charge in [0.15, 0.2) is 0 Å². The van der Waals surface area contributed by atoms with Crippen LogP contribution < -0.4 is 10.5 Å². The van der Waals surface area contributed by atoms with Crippen molar-refractivity contribution in [2.24, 2.45) is 23.6 Å². The summed E-state index contributed by atoms with van der Waals surface area (Å²) in [6.07, 6.45) is 3.32. The molecule has 1 fully saturated rings. The summed E-state index contributed by atoms with van der Waals surface area (Å²) in [7, 11) is -1.69. The minimum atomic E-state index is -3.49. The monoisotopic (exact) mass is 285 g/mol. The Labute approximate surface area is 115 Å². The smallest absolute Gasteiger partial charge is 0.242 e. The van der Waals surface area contributed by atoms with Gasteiger partial charge in [-0.3, -0.25) is 0 Å². The number of sulfonamides is 1. The van der Waals surface area contributed by atoms with Crippen molar-refractivity contribution in [1.82, 2.24) is 9.29 Å². The lowest BCUT2D eigenvalue weighted by atomic mass is 9.49. The summed E-state index contributed by atoms with van der Waals surface area (Å²) in [5.74, 6) is 0. The third-order valence-electron chi connectivity index (χ3n) is 4.48. The molecule has 0 bridgehead atoms. The topological polar surface area (TPSA) is 77.1 Å². The molecule has 19 heavy (non-hydrogen) atoms. The van der Waals surface area contributed by atoms with Crippen LogP contribution in [0.1, 0.15) is 27.7 Å². The quantitative estimate of drug-likeness (QED) is 0.872. The lowest BCUT2D eigenvalue weighted by Crippen LogP contribution is -2.75. The van der Waals surface area contributed by atoms with Gasteiger partial charge in [-0.2, -0.15) is 0 Å². The molecule has 1 aliphatic carbocycles. The van der Waals surface area contributed by atoms with Crippen LogP contribution in [-0.4, -0.2) is 25.1 Å². The Morgan fingerprint density at radius 1 is 1.26 bits per heavy atom. The summed E-state index contributed by atoms with van der Waals surface area (Å²) in [4.78, 5) is 0.294. The van der Waals surface area contributed by atoms with E-state index in [4.69, 9.17) is 5.73 Å². The van der Waals surface area contributed by atoms with Crippen LogP contribution in [0.3, 0.4) is 0 Å². The Balaban J connectivity index is 2.27. The minimum absolute atomic E-state index is 0.0246. The van der Waals surface area contributed by atoms with Crippen molar-refractivity contribution in [3.63, 3.8) is 0 Å². The highest BCUT2D eigenvalue weighted by atomic mass is 32.2. The summed E-state index contributed by atoms with van der Waals surface area (Å²) in [5, 5.41) is 0. The number of aromatic nitrogens is 1. The van der Waals surface area contributed by atoms with Gasteiger partial charge in [0.1, 0.15) is 0 Å². The van der Waals surface area contributed by atoms with Gasteiger partial charge in [0.25, 0.3) is 0 Å². The van der Waals surface area contributed by atoms with Crippen molar-refractivity contribution in [1.29, 1.82) is 0 Å². The number of nitrogens with one attached hydrogen (secondary N) is 1. The third-order valence-corrected chi connectivity index (χ3v) is 5.89. The van der Waals surface area contributed by atoms with Crippen LogP contribution in [0.25, 0.3) is 0 Å². The highest BCUT2D eigenvalue weighted by Crippen LogP contribution is 2.52. The average molecular weight is 285 g/mol. The van der Waals surface area contributed by atoms with E-state index in [1.54, 1.807) is 30.1 Å². The second-order valence-corrected chi connectivity index (χ2v) is 8.40. The minimum Gasteiger partial charge on any atom is -0.356 e. The lowest BCUT2D eigenvalue weighted by molar-refractivity contribution is -0.0593. The van der Waals surface area contributed by atoms with E-state index in [0.717, 1.165) is 0 Å². The van der Waals surface area contributed by atoms with Crippen molar-refractivity contribution >= 4 is 10.0 Å². The van der Waals surface area contributed by atoms with Gasteiger partial charge < -0.3 is 10.3 Å². The van der Waals surface area contributed by atoms with Crippen molar-refractivity contribution < 1.29 is 8.42 Å². The standard InChI is InChI=1S/C13H23N3O2S/c1-12(2)10(14)13(3,4)11(12)15-19(17,18)9-6-7-16(5)8-9/h6-8,10-11,15H,14H2,1-5H3. The fourth-order valence-corrected chi connectivity index (χ4v) is 4.94. The molecule has 1 aromatic heterocycles. The van der Waals surface area contributed by atoms with Crippen LogP contribution in [0.15, 0.2) is 23.4 Å². The number of rotatable bonds is 3. The molecule has 0 radical (unpaired) electrons. The molecule has 0 atom stereocenters. The van der Waals surface area contributed by atoms with Crippen LogP contribution in [0, 0.1) is 10.8 Å². The maximum atomic E-state index is 12.4. The van der Waals surface area contributed by atoms with Crippen LogP contribution in [-0.2, 0) is 17.1 Å². The number of aryl methyl sites for hydroxylation is 1. The van der Waals surface area contributed by atoms with E-state index in [2.05, 4.69) is 4.72 Å². The number of nitrogens with two attached hydrogens (primary N) is 1. The number of hydrogen-bond donors (Lipinski definition) is 2. The summed E-state index contributed by atoms with van der Waals surface area (Å²) in [6.45, 7) is 8.00. The molecular formula is C13H23N3O2S. The largest absolute Gasteiger partial charge is 0.356 e. The summed E-state index contributed by atoms with van der Waals surface area (Å²) < 4.78 is 29.3. The van der Waals surface area contributed by atoms with Gasteiger partial charge in [0, 0.05) is 31.5 Å². The Hall–Kier alpha value is -0.850. The van der Waals surface area contributed by atoms with Gasteiger partial charge >= 0.3 is 0 Å². The average Bonchev–Trinajstić information content (AvgIpc) is 2.72. The van der Waals surface area contributed by atoms with Gasteiger partial charge in [-0.1, -0.05) is 27.7 Å². The maximum absolute atomic E-state index is 12.4. The first-order valence-electron chi connectivity index (χ1n) is 6.39. The summed E-state index contributed by atoms with van der Waals surface area (Å²) in [6, 6.07) is 1.41. The van der Waals surface area contributed by atoms with Gasteiger partial charge in [0.05, 0.1) is 4.90 Å². The zero-order chi connectivity index (χ0) is 14.6. The summed E-state index contributed by atoms with van der Waals surface area (Å²) >= 11 is 0. The molecule has 3 N–H and O–H groups in total. The van der Waals surface area contributed by atoms with Crippen molar-refractivity contribution in [3.8, 4) is 0 Å². The van der Waals surface area contributed by atoms with Crippen LogP contribution in [0.2, 0.25) is 0 Å². The van der Waals surface area contributed by atoms with Crippen LogP contribution in [0.4, 0.5) is 0 Å². The molecule has 0 saturated heterocycles. The second-order valence-electron chi connectivity index (χ2n) is 6.69. The maximum Gasteiger partial charge on any atom is 0.242 e. The number of hydrogen-bond acceptors (Lipinski definition) is 3. The fraction of sp³-hybridized carbons (Fsp3) is 0.692. The Morgan fingerprint density at radius 3 is 2.21 bits per heavy atom. The van der Waals surface area contributed by atoms with Gasteiger partial charge in [-0.25, -0.2) is 13.1 Å². The molecule has 6 heteroatoms. The first-order valence-corrected chi connectivity index (χ1v) is 7.88. The molecule has 0 aliphatic heterocycles. The van der Waals surface area contributed by atoms with E-state index >= 15 is 0 Å². The highest BCUT2D eigenvalue weighted by Gasteiger charge is 2.61. The van der Waals surface area contributed by atoms with Crippen molar-refractivity contribution in [3.05, 3.63) is 18.5 Å². The molecule has 5 nitrogen and oxygen atoms in total. The normalized spacial score (nSPS) is 28.9. The third kappa shape index (κ3) is 2.11. The molecule has 0 spiro atoms. The van der Waals surface area contributed by atoms with Gasteiger partial charge in [0.2, 0.25) is 10.0 Å². The van der Waals surface area contributed by atoms with E-state index in [-0.39, 0.29) is 22.9 Å². The van der Waals surface area contributed by atoms with Crippen molar-refractivity contribution in [2.75, 3.05) is 0 Å². The molecule has 1 heterocycles. The van der Waals surface area contributed by atoms with Gasteiger partial charge in [-0.05, 0) is 16.9 Å². The van der Waals surface area contributed by atoms with E-state index < -0.39 is 10.0 Å². The molecule has 1 aromatic rings. The molecule has 0 aromatic carbocycles. The highest BCUT2D eigenvalue weighted by molar-refractivity contribution is 7.89. The fourth-order valence-electron chi connectivity index (χ4n) is 3.34. The molecular weight excluding hydrogens is 262 g/mol. The van der Waals surface area contributed by atoms with Gasteiger partial charge in [-0.15, -0.1) is 0 Å². The Kier molecular flexibility index (Phi) is 3.12. The first-order chi connectivity index (χ1) is 8.49. The molecule has 108 valence electrons. The van der Waals surface area contributed by atoms with E-state index in [9.17, 15) is 8.42 Å². The van der Waals surface area contributed by atoms with E-state index in [0.29, 0.717) is 4.90 Å². The second kappa shape index (κ2) is 4.07. The number of nitrogens with zero attached hydrogens (tertiary/aromatic N) is 1. The van der Waals surface area contributed by atoms with E-state index in [1.807, 2.05) is 27.7 Å². The molecule has 2 rings (SSSR count). The Morgan fingerprint density at radius 2 is 1.79 bits per heavy atom. The Bertz CT molecular complexity index is 571. The predicted octanol–water partition coefficient (Wildman–Crippen LogP) is 1.07. The molecule has 1 aliphatic rings. The SMILES string of the molecule is Cn1ccc(S(=O)(=O)NC2C(C)(C)C(N)C2(C)C)c1. The molecule has 1 saturated carbocycles.